The van der Waals surface area contributed by atoms with E-state index in [4.69, 9.17) is 29.4 Å². The van der Waals surface area contributed by atoms with Crippen LogP contribution in [-0.4, -0.2) is 46.1 Å². The van der Waals surface area contributed by atoms with Crippen LogP contribution in [0.2, 0.25) is 0 Å². The number of aromatic nitrogens is 2. The Bertz CT molecular complexity index is 2770. The van der Waals surface area contributed by atoms with Crippen LogP contribution in [0.1, 0.15) is 61.3 Å². The summed E-state index contributed by atoms with van der Waals surface area (Å²) in [6.45, 7) is 9.43. The predicted octanol–water partition coefficient (Wildman–Crippen LogP) is 10.4. The third-order valence-electron chi connectivity index (χ3n) is 11.6. The standard InChI is InChI=1S/C49H38N4O2/c1-47(2)27-54-45(52-47)42-21-18-30(25-50-42)29-17-20-36-40(23-29)49(38-15-9-7-12-33(38)34-13-8-10-16-39(34)49)41-24-37(32-11-5-6-14-35(32)44(36)41)31-19-22-43(51-26-31)46-53-48(3,4)28-55-46/h5-26H,27-28H2,1-4H3. The smallest absolute Gasteiger partial charge is 0.236 e. The molecule has 0 saturated carbocycles. The topological polar surface area (TPSA) is 69.0 Å². The van der Waals surface area contributed by atoms with Crippen LogP contribution in [-0.2, 0) is 14.9 Å². The van der Waals surface area contributed by atoms with Gasteiger partial charge >= 0.3 is 0 Å². The van der Waals surface area contributed by atoms with Crippen molar-refractivity contribution in [3.05, 3.63) is 167 Å². The molecule has 4 aliphatic rings. The van der Waals surface area contributed by atoms with Crippen molar-refractivity contribution in [3.8, 4) is 44.5 Å². The van der Waals surface area contributed by atoms with Crippen molar-refractivity contribution in [2.24, 2.45) is 9.98 Å². The van der Waals surface area contributed by atoms with Crippen LogP contribution >= 0.6 is 0 Å². The Balaban J connectivity index is 1.14. The van der Waals surface area contributed by atoms with E-state index in [1.807, 2.05) is 24.5 Å². The molecule has 6 heteroatoms. The second-order valence-corrected chi connectivity index (χ2v) is 16.4. The maximum Gasteiger partial charge on any atom is 0.236 e. The highest BCUT2D eigenvalue weighted by atomic mass is 16.5. The minimum absolute atomic E-state index is 0.242. The zero-order valence-electron chi connectivity index (χ0n) is 31.2. The summed E-state index contributed by atoms with van der Waals surface area (Å²) in [5.41, 5.74) is 15.1. The lowest BCUT2D eigenvalue weighted by molar-refractivity contribution is 0.279. The van der Waals surface area contributed by atoms with Crippen molar-refractivity contribution >= 4 is 22.6 Å². The van der Waals surface area contributed by atoms with Gasteiger partial charge in [0.1, 0.15) is 24.6 Å². The minimum atomic E-state index is -0.538. The molecule has 0 N–H and O–H groups in total. The molecule has 0 radical (unpaired) electrons. The van der Waals surface area contributed by atoms with Gasteiger partial charge in [-0.3, -0.25) is 9.97 Å². The molecule has 0 atom stereocenters. The van der Waals surface area contributed by atoms with Gasteiger partial charge in [-0.15, -0.1) is 0 Å². The maximum atomic E-state index is 5.95. The number of nitrogens with zero attached hydrogens (tertiary/aromatic N) is 4. The number of aliphatic imine (C=N–C) groups is 2. The van der Waals surface area contributed by atoms with Crippen molar-refractivity contribution < 1.29 is 9.47 Å². The van der Waals surface area contributed by atoms with Crippen LogP contribution in [0.3, 0.4) is 0 Å². The summed E-state index contributed by atoms with van der Waals surface area (Å²) in [6.07, 6.45) is 3.93. The van der Waals surface area contributed by atoms with Crippen molar-refractivity contribution in [1.82, 2.24) is 9.97 Å². The van der Waals surface area contributed by atoms with E-state index in [1.165, 1.54) is 55.3 Å². The van der Waals surface area contributed by atoms with Crippen LogP contribution in [0.4, 0.5) is 0 Å². The Labute approximate surface area is 320 Å². The fraction of sp³-hybridized carbons (Fsp3) is 0.184. The molecule has 0 bridgehead atoms. The average molecular weight is 715 g/mol. The van der Waals surface area contributed by atoms with Gasteiger partial charge in [0.15, 0.2) is 0 Å². The highest BCUT2D eigenvalue weighted by Gasteiger charge is 2.52. The molecule has 2 aliphatic carbocycles. The summed E-state index contributed by atoms with van der Waals surface area (Å²) in [5, 5.41) is 2.42. The molecular formula is C49H38N4O2. The van der Waals surface area contributed by atoms with Crippen molar-refractivity contribution in [2.75, 3.05) is 13.2 Å². The van der Waals surface area contributed by atoms with Gasteiger partial charge in [0.2, 0.25) is 11.8 Å². The number of fused-ring (bicyclic) bond motifs is 12. The normalized spacial score (nSPS) is 17.5. The molecule has 0 fully saturated rings. The van der Waals surface area contributed by atoms with E-state index in [1.54, 1.807) is 0 Å². The lowest BCUT2D eigenvalue weighted by Crippen LogP contribution is -2.26. The molecule has 0 saturated heterocycles. The van der Waals surface area contributed by atoms with Gasteiger partial charge in [0, 0.05) is 23.5 Å². The number of pyridine rings is 2. The van der Waals surface area contributed by atoms with Gasteiger partial charge in [-0.1, -0.05) is 97.1 Å². The Morgan fingerprint density at radius 2 is 1.00 bits per heavy atom. The van der Waals surface area contributed by atoms with E-state index in [0.717, 1.165) is 33.6 Å². The third-order valence-corrected chi connectivity index (χ3v) is 11.6. The van der Waals surface area contributed by atoms with Crippen molar-refractivity contribution in [3.63, 3.8) is 0 Å². The van der Waals surface area contributed by atoms with Gasteiger partial charge in [-0.05, 0) is 118 Å². The van der Waals surface area contributed by atoms with Gasteiger partial charge < -0.3 is 9.47 Å². The number of hydrogen-bond acceptors (Lipinski definition) is 6. The molecule has 4 heterocycles. The SMILES string of the molecule is CC1(C)COC(c2ccc(-c3ccc4c(c3)C3(c5ccccc5-c5ccccc53)c3cc(-c5ccc(C6=NC(C)(C)CO6)nc5)c5ccccc5c3-4)cn2)=N1. The third kappa shape index (κ3) is 4.67. The monoisotopic (exact) mass is 714 g/mol. The fourth-order valence-electron chi connectivity index (χ4n) is 9.21. The maximum absolute atomic E-state index is 5.95. The Kier molecular flexibility index (Phi) is 6.59. The van der Waals surface area contributed by atoms with Crippen LogP contribution < -0.4 is 0 Å². The Morgan fingerprint density at radius 3 is 1.56 bits per heavy atom. The quantitative estimate of drug-likeness (QED) is 0.182. The van der Waals surface area contributed by atoms with Crippen LogP contribution in [0.5, 0.6) is 0 Å². The second kappa shape index (κ2) is 11.3. The van der Waals surface area contributed by atoms with Crippen molar-refractivity contribution in [1.29, 1.82) is 0 Å². The lowest BCUT2D eigenvalue weighted by Gasteiger charge is -2.31. The molecule has 2 aromatic heterocycles. The first-order valence-electron chi connectivity index (χ1n) is 19.0. The van der Waals surface area contributed by atoms with E-state index >= 15 is 0 Å². The summed E-state index contributed by atoms with van der Waals surface area (Å²) in [4.78, 5) is 19.3. The van der Waals surface area contributed by atoms with E-state index in [0.29, 0.717) is 25.0 Å². The van der Waals surface area contributed by atoms with Crippen molar-refractivity contribution in [2.45, 2.75) is 44.2 Å². The molecule has 55 heavy (non-hydrogen) atoms. The largest absolute Gasteiger partial charge is 0.474 e. The Hall–Kier alpha value is -6.40. The Morgan fingerprint density at radius 1 is 0.455 bits per heavy atom. The molecule has 7 aromatic rings. The molecule has 0 unspecified atom stereocenters. The van der Waals surface area contributed by atoms with E-state index in [-0.39, 0.29) is 11.1 Å². The van der Waals surface area contributed by atoms with Gasteiger partial charge in [0.25, 0.3) is 0 Å². The molecule has 11 rings (SSSR count). The highest BCUT2D eigenvalue weighted by Crippen LogP contribution is 2.64. The van der Waals surface area contributed by atoms with Gasteiger partial charge in [-0.25, -0.2) is 9.98 Å². The summed E-state index contributed by atoms with van der Waals surface area (Å²) >= 11 is 0. The first-order valence-corrected chi connectivity index (χ1v) is 19.0. The number of benzene rings is 5. The summed E-state index contributed by atoms with van der Waals surface area (Å²) in [5.74, 6) is 1.21. The summed E-state index contributed by atoms with van der Waals surface area (Å²) in [6, 6.07) is 44.5. The van der Waals surface area contributed by atoms with Crippen LogP contribution in [0, 0.1) is 0 Å². The molecule has 0 amide bonds. The number of rotatable bonds is 4. The highest BCUT2D eigenvalue weighted by molar-refractivity contribution is 6.11. The fourth-order valence-corrected chi connectivity index (χ4v) is 9.21. The zero-order chi connectivity index (χ0) is 37.1. The van der Waals surface area contributed by atoms with Gasteiger partial charge in [0.05, 0.1) is 16.5 Å². The molecule has 5 aromatic carbocycles. The minimum Gasteiger partial charge on any atom is -0.474 e. The van der Waals surface area contributed by atoms with Crippen LogP contribution in [0.25, 0.3) is 55.3 Å². The van der Waals surface area contributed by atoms with Gasteiger partial charge in [-0.2, -0.15) is 0 Å². The van der Waals surface area contributed by atoms with Crippen LogP contribution in [0.15, 0.2) is 144 Å². The van der Waals surface area contributed by atoms with E-state index in [2.05, 4.69) is 137 Å². The molecule has 1 spiro atoms. The van der Waals surface area contributed by atoms with E-state index in [9.17, 15) is 0 Å². The average Bonchev–Trinajstić information content (AvgIpc) is 3.94. The second-order valence-electron chi connectivity index (χ2n) is 16.4. The van der Waals surface area contributed by atoms with E-state index < -0.39 is 5.41 Å². The summed E-state index contributed by atoms with van der Waals surface area (Å²) in [7, 11) is 0. The first kappa shape index (κ1) is 32.1. The first-order chi connectivity index (χ1) is 26.7. The molecular weight excluding hydrogens is 677 g/mol. The number of ether oxygens (including phenoxy) is 2. The lowest BCUT2D eigenvalue weighted by atomic mass is 9.69. The predicted molar refractivity (Wildman–Crippen MR) is 220 cm³/mol. The molecule has 266 valence electrons. The molecule has 2 aliphatic heterocycles. The number of hydrogen-bond donors (Lipinski definition) is 0. The zero-order valence-corrected chi connectivity index (χ0v) is 31.2. The molecule has 6 nitrogen and oxygen atoms in total. The summed E-state index contributed by atoms with van der Waals surface area (Å²) < 4.78 is 11.9.